The smallest absolute Gasteiger partial charge is 0.279 e. The highest BCUT2D eigenvalue weighted by Crippen LogP contribution is 2.27. The molecule has 1 fully saturated rings. The van der Waals surface area contributed by atoms with Crippen molar-refractivity contribution < 1.29 is 24.1 Å². The molecule has 158 valence electrons. The molecule has 0 aliphatic carbocycles. The van der Waals surface area contributed by atoms with Crippen LogP contribution in [0.5, 0.6) is 11.5 Å². The van der Waals surface area contributed by atoms with Gasteiger partial charge in [0.05, 0.1) is 31.3 Å². The fourth-order valence-electron chi connectivity index (χ4n) is 3.96. The van der Waals surface area contributed by atoms with E-state index in [4.69, 9.17) is 9.47 Å². The number of hydrogen-bond donors (Lipinski definition) is 3. The Morgan fingerprint density at radius 2 is 1.76 bits per heavy atom. The second kappa shape index (κ2) is 9.28. The largest absolute Gasteiger partial charge is 0.493 e. The van der Waals surface area contributed by atoms with E-state index >= 15 is 0 Å². The Kier molecular flexibility index (Phi) is 6.76. The Morgan fingerprint density at radius 1 is 1.10 bits per heavy atom. The van der Waals surface area contributed by atoms with Crippen molar-refractivity contribution in [2.75, 3.05) is 52.3 Å². The number of nitrogens with zero attached hydrogens (tertiary/aromatic N) is 2. The number of quaternary nitrogens is 2. The molecule has 3 rings (SSSR count). The number of methoxy groups -OCH3 is 2. The van der Waals surface area contributed by atoms with Gasteiger partial charge in [-0.1, -0.05) is 0 Å². The summed E-state index contributed by atoms with van der Waals surface area (Å²) in [5.41, 5.74) is 3.92. The van der Waals surface area contributed by atoms with Crippen LogP contribution in [-0.2, 0) is 18.4 Å². The fourth-order valence-corrected chi connectivity index (χ4v) is 3.96. The van der Waals surface area contributed by atoms with Gasteiger partial charge in [0.1, 0.15) is 32.7 Å². The molecule has 0 radical (unpaired) electrons. The summed E-state index contributed by atoms with van der Waals surface area (Å²) in [5.74, 6) is 1.58. The minimum Gasteiger partial charge on any atom is -0.493 e. The van der Waals surface area contributed by atoms with Crippen LogP contribution < -0.4 is 24.6 Å². The van der Waals surface area contributed by atoms with Crippen molar-refractivity contribution in [3.8, 4) is 11.5 Å². The third-order valence-electron chi connectivity index (χ3n) is 5.75. The standard InChI is InChI=1S/C21H31N5O3/c1-15-21(16(2)24(3)23-15)22-20(27)14-26-10-8-25(9-11-26)13-17-6-7-18(28-4)19(12-17)29-5/h6-7,12H,8-11,13-14H2,1-5H3,(H,22,27)/p+2. The van der Waals surface area contributed by atoms with Gasteiger partial charge in [-0.2, -0.15) is 5.10 Å². The van der Waals surface area contributed by atoms with E-state index in [1.54, 1.807) is 18.9 Å². The first-order valence-electron chi connectivity index (χ1n) is 10.1. The molecule has 0 spiro atoms. The summed E-state index contributed by atoms with van der Waals surface area (Å²) in [6, 6.07) is 6.11. The van der Waals surface area contributed by atoms with Crippen molar-refractivity contribution in [3.05, 3.63) is 35.2 Å². The molecule has 29 heavy (non-hydrogen) atoms. The lowest BCUT2D eigenvalue weighted by molar-refractivity contribution is -1.02. The number of rotatable bonds is 7. The van der Waals surface area contributed by atoms with Gasteiger partial charge in [0.15, 0.2) is 18.0 Å². The number of nitrogens with one attached hydrogen (secondary N) is 3. The van der Waals surface area contributed by atoms with Gasteiger partial charge < -0.3 is 24.6 Å². The van der Waals surface area contributed by atoms with E-state index in [2.05, 4.69) is 22.5 Å². The molecule has 1 amide bonds. The van der Waals surface area contributed by atoms with Gasteiger partial charge in [0.2, 0.25) is 0 Å². The summed E-state index contributed by atoms with van der Waals surface area (Å²) in [4.78, 5) is 15.4. The van der Waals surface area contributed by atoms with Gasteiger partial charge in [0.25, 0.3) is 5.91 Å². The van der Waals surface area contributed by atoms with E-state index < -0.39 is 0 Å². The number of anilines is 1. The molecule has 0 bridgehead atoms. The highest BCUT2D eigenvalue weighted by Gasteiger charge is 2.26. The number of piperazine rings is 1. The Labute approximate surface area is 172 Å². The maximum atomic E-state index is 12.5. The maximum Gasteiger partial charge on any atom is 0.279 e. The number of benzene rings is 1. The summed E-state index contributed by atoms with van der Waals surface area (Å²) >= 11 is 0. The Balaban J connectivity index is 1.48. The number of carbonyl (C=O) groups is 1. The molecule has 0 unspecified atom stereocenters. The third kappa shape index (κ3) is 5.07. The highest BCUT2D eigenvalue weighted by molar-refractivity contribution is 5.92. The van der Waals surface area contributed by atoms with Crippen LogP contribution in [0.2, 0.25) is 0 Å². The maximum absolute atomic E-state index is 12.5. The normalized spacial score (nSPS) is 19.1. The highest BCUT2D eigenvalue weighted by atomic mass is 16.5. The van der Waals surface area contributed by atoms with Gasteiger partial charge in [0, 0.05) is 12.6 Å². The van der Waals surface area contributed by atoms with E-state index in [1.807, 2.05) is 27.0 Å². The number of hydrogen-bond acceptors (Lipinski definition) is 4. The van der Waals surface area contributed by atoms with Crippen molar-refractivity contribution in [1.82, 2.24) is 9.78 Å². The minimum atomic E-state index is 0.0579. The van der Waals surface area contributed by atoms with Crippen LogP contribution in [-0.4, -0.2) is 62.6 Å². The average molecular weight is 404 g/mol. The van der Waals surface area contributed by atoms with Crippen molar-refractivity contribution >= 4 is 11.6 Å². The number of ether oxygens (including phenoxy) is 2. The number of carbonyl (C=O) groups excluding carboxylic acids is 1. The molecule has 8 heteroatoms. The number of amides is 1. The second-order valence-electron chi connectivity index (χ2n) is 7.76. The molecular weight excluding hydrogens is 370 g/mol. The van der Waals surface area contributed by atoms with Crippen molar-refractivity contribution in [2.24, 2.45) is 7.05 Å². The van der Waals surface area contributed by atoms with Crippen LogP contribution in [0.1, 0.15) is 17.0 Å². The quantitative estimate of drug-likeness (QED) is 0.553. The summed E-state index contributed by atoms with van der Waals surface area (Å²) in [7, 11) is 5.21. The molecule has 8 nitrogen and oxygen atoms in total. The van der Waals surface area contributed by atoms with Crippen LogP contribution in [0, 0.1) is 13.8 Å². The molecule has 2 aromatic rings. The van der Waals surface area contributed by atoms with E-state index in [9.17, 15) is 4.79 Å². The van der Waals surface area contributed by atoms with Crippen LogP contribution in [0.3, 0.4) is 0 Å². The molecule has 2 heterocycles. The SMILES string of the molecule is COc1ccc(C[NH+]2CC[NH+](CC(=O)Nc3c(C)nn(C)c3C)CC2)cc1OC. The van der Waals surface area contributed by atoms with Crippen LogP contribution in [0.25, 0.3) is 0 Å². The molecule has 1 aliphatic heterocycles. The summed E-state index contributed by atoms with van der Waals surface area (Å²) in [6.45, 7) is 9.40. The third-order valence-corrected chi connectivity index (χ3v) is 5.75. The van der Waals surface area contributed by atoms with Crippen molar-refractivity contribution in [1.29, 1.82) is 0 Å². The fraction of sp³-hybridized carbons (Fsp3) is 0.524. The summed E-state index contributed by atoms with van der Waals surface area (Å²) in [5, 5.41) is 7.40. The number of aromatic nitrogens is 2. The van der Waals surface area contributed by atoms with Crippen molar-refractivity contribution in [2.45, 2.75) is 20.4 Å². The van der Waals surface area contributed by atoms with E-state index in [1.165, 1.54) is 15.4 Å². The molecular formula is C21H33N5O3+2. The Bertz CT molecular complexity index is 856. The Morgan fingerprint density at radius 3 is 2.34 bits per heavy atom. The first-order chi connectivity index (χ1) is 13.9. The zero-order valence-electron chi connectivity index (χ0n) is 18.1. The van der Waals surface area contributed by atoms with Gasteiger partial charge in [-0.3, -0.25) is 9.48 Å². The number of aryl methyl sites for hydroxylation is 2. The average Bonchev–Trinajstić information content (AvgIpc) is 2.95. The lowest BCUT2D eigenvalue weighted by Crippen LogP contribution is -3.28. The van der Waals surface area contributed by atoms with Crippen LogP contribution >= 0.6 is 0 Å². The van der Waals surface area contributed by atoms with Crippen molar-refractivity contribution in [3.63, 3.8) is 0 Å². The van der Waals surface area contributed by atoms with Gasteiger partial charge in [-0.05, 0) is 32.0 Å². The lowest BCUT2D eigenvalue weighted by Gasteiger charge is -2.29. The zero-order chi connectivity index (χ0) is 21.0. The van der Waals surface area contributed by atoms with E-state index in [0.717, 1.165) is 61.3 Å². The molecule has 0 saturated carbocycles. The van der Waals surface area contributed by atoms with Gasteiger partial charge in [-0.25, -0.2) is 0 Å². The predicted molar refractivity (Wildman–Crippen MR) is 111 cm³/mol. The predicted octanol–water partition coefficient (Wildman–Crippen LogP) is -1.02. The van der Waals surface area contributed by atoms with Crippen LogP contribution in [0.4, 0.5) is 5.69 Å². The summed E-state index contributed by atoms with van der Waals surface area (Å²) < 4.78 is 12.5. The molecule has 1 aromatic heterocycles. The van der Waals surface area contributed by atoms with Gasteiger partial charge >= 0.3 is 0 Å². The van der Waals surface area contributed by atoms with E-state index in [0.29, 0.717) is 6.54 Å². The Hall–Kier alpha value is -2.58. The second-order valence-corrected chi connectivity index (χ2v) is 7.76. The first-order valence-corrected chi connectivity index (χ1v) is 10.1. The lowest BCUT2D eigenvalue weighted by atomic mass is 10.1. The molecule has 1 saturated heterocycles. The topological polar surface area (TPSA) is 74.3 Å². The monoisotopic (exact) mass is 403 g/mol. The van der Waals surface area contributed by atoms with Gasteiger partial charge in [-0.15, -0.1) is 0 Å². The first kappa shape index (κ1) is 21.1. The van der Waals surface area contributed by atoms with Crippen LogP contribution in [0.15, 0.2) is 18.2 Å². The molecule has 1 aromatic carbocycles. The minimum absolute atomic E-state index is 0.0579. The zero-order valence-corrected chi connectivity index (χ0v) is 18.1. The molecule has 3 N–H and O–H groups in total. The molecule has 0 atom stereocenters. The van der Waals surface area contributed by atoms with E-state index in [-0.39, 0.29) is 5.91 Å². The summed E-state index contributed by atoms with van der Waals surface area (Å²) in [6.07, 6.45) is 0. The molecule has 1 aliphatic rings.